The van der Waals surface area contributed by atoms with Gasteiger partial charge >= 0.3 is 0 Å². The Hall–Kier alpha value is -0.430. The lowest BCUT2D eigenvalue weighted by molar-refractivity contribution is 0.419. The van der Waals surface area contributed by atoms with E-state index in [1.54, 1.807) is 0 Å². The van der Waals surface area contributed by atoms with Gasteiger partial charge < -0.3 is 5.32 Å². The highest BCUT2D eigenvalue weighted by Gasteiger charge is 2.16. The Balaban J connectivity index is 2.30. The van der Waals surface area contributed by atoms with Crippen molar-refractivity contribution in [2.24, 2.45) is 0 Å². The molecular weight excluding hydrogens is 304 g/mol. The van der Waals surface area contributed by atoms with Crippen molar-refractivity contribution < 1.29 is 8.42 Å². The zero-order valence-corrected chi connectivity index (χ0v) is 15.4. The summed E-state index contributed by atoms with van der Waals surface area (Å²) in [7, 11) is -3.06. The number of rotatable bonds is 8. The Kier molecular flexibility index (Phi) is 6.84. The Morgan fingerprint density at radius 1 is 1.29 bits per heavy atom. The van der Waals surface area contributed by atoms with Gasteiger partial charge in [-0.15, -0.1) is 11.3 Å². The summed E-state index contributed by atoms with van der Waals surface area (Å²) in [6, 6.07) is 4.37. The van der Waals surface area contributed by atoms with Crippen LogP contribution in [0.5, 0.6) is 0 Å². The zero-order valence-electron chi connectivity index (χ0n) is 13.8. The van der Waals surface area contributed by atoms with Crippen molar-refractivity contribution in [2.45, 2.75) is 46.1 Å². The van der Waals surface area contributed by atoms with Crippen LogP contribution in [-0.2, 0) is 22.0 Å². The first kappa shape index (κ1) is 18.6. The third-order valence-corrected chi connectivity index (χ3v) is 6.17. The van der Waals surface area contributed by atoms with Gasteiger partial charge in [-0.3, -0.25) is 0 Å². The van der Waals surface area contributed by atoms with Crippen LogP contribution in [0.25, 0.3) is 0 Å². The molecule has 4 nitrogen and oxygen atoms in total. The second-order valence-electron chi connectivity index (χ2n) is 6.30. The molecule has 0 aromatic carbocycles. The maximum absolute atomic E-state index is 11.5. The molecule has 1 N–H and O–H groups in total. The predicted molar refractivity (Wildman–Crippen MR) is 91.4 cm³/mol. The molecule has 0 aliphatic heterocycles. The number of nitrogens with zero attached hydrogens (tertiary/aromatic N) is 1. The maximum Gasteiger partial charge on any atom is 0.211 e. The van der Waals surface area contributed by atoms with E-state index in [0.29, 0.717) is 13.1 Å². The Labute approximate surface area is 133 Å². The topological polar surface area (TPSA) is 49.4 Å². The fourth-order valence-corrected chi connectivity index (χ4v) is 3.99. The van der Waals surface area contributed by atoms with Gasteiger partial charge in [0.2, 0.25) is 10.0 Å². The Bertz CT molecular complexity index is 530. The molecule has 1 aromatic rings. The third kappa shape index (κ3) is 6.46. The lowest BCUT2D eigenvalue weighted by Gasteiger charge is -2.17. The lowest BCUT2D eigenvalue weighted by atomic mass is 9.95. The van der Waals surface area contributed by atoms with Crippen LogP contribution < -0.4 is 5.32 Å². The van der Waals surface area contributed by atoms with E-state index in [9.17, 15) is 8.42 Å². The average Bonchev–Trinajstić information content (AvgIpc) is 2.80. The number of hydrogen-bond acceptors (Lipinski definition) is 4. The van der Waals surface area contributed by atoms with Crippen molar-refractivity contribution in [1.29, 1.82) is 0 Å². The second-order valence-corrected chi connectivity index (χ2v) is 9.45. The second kappa shape index (κ2) is 7.72. The van der Waals surface area contributed by atoms with Crippen molar-refractivity contribution >= 4 is 21.4 Å². The minimum absolute atomic E-state index is 0.208. The molecule has 0 radical (unpaired) electrons. The summed E-state index contributed by atoms with van der Waals surface area (Å²) in [5, 5.41) is 3.39. The minimum Gasteiger partial charge on any atom is -0.312 e. The van der Waals surface area contributed by atoms with Gasteiger partial charge in [0.25, 0.3) is 0 Å². The van der Waals surface area contributed by atoms with E-state index in [1.807, 2.05) is 18.3 Å². The van der Waals surface area contributed by atoms with Crippen LogP contribution in [0.1, 0.15) is 43.9 Å². The molecule has 0 saturated heterocycles. The van der Waals surface area contributed by atoms with Crippen LogP contribution in [0.15, 0.2) is 12.1 Å². The Morgan fingerprint density at radius 3 is 2.43 bits per heavy atom. The van der Waals surface area contributed by atoms with E-state index >= 15 is 0 Å². The summed E-state index contributed by atoms with van der Waals surface area (Å²) in [5.74, 6) is 0. The van der Waals surface area contributed by atoms with Crippen molar-refractivity contribution in [2.75, 3.05) is 25.9 Å². The summed E-state index contributed by atoms with van der Waals surface area (Å²) in [4.78, 5) is 2.73. The van der Waals surface area contributed by atoms with Gasteiger partial charge in [0.15, 0.2) is 0 Å². The first-order valence-electron chi connectivity index (χ1n) is 7.39. The van der Waals surface area contributed by atoms with Crippen molar-refractivity contribution in [3.63, 3.8) is 0 Å². The lowest BCUT2D eigenvalue weighted by Crippen LogP contribution is -2.32. The molecule has 0 saturated carbocycles. The number of hydrogen-bond donors (Lipinski definition) is 1. The van der Waals surface area contributed by atoms with Crippen LogP contribution in [0.2, 0.25) is 0 Å². The molecule has 0 amide bonds. The van der Waals surface area contributed by atoms with E-state index in [2.05, 4.69) is 38.2 Å². The Morgan fingerprint density at radius 2 is 1.95 bits per heavy atom. The van der Waals surface area contributed by atoms with Crippen LogP contribution in [0, 0.1) is 0 Å². The van der Waals surface area contributed by atoms with Gasteiger partial charge in [-0.2, -0.15) is 0 Å². The van der Waals surface area contributed by atoms with E-state index in [-0.39, 0.29) is 5.41 Å². The van der Waals surface area contributed by atoms with E-state index in [0.717, 1.165) is 19.5 Å². The molecule has 0 unspecified atom stereocenters. The molecule has 0 aliphatic rings. The first-order valence-corrected chi connectivity index (χ1v) is 10.1. The van der Waals surface area contributed by atoms with Gasteiger partial charge in [-0.1, -0.05) is 27.7 Å². The van der Waals surface area contributed by atoms with Crippen LogP contribution in [0.3, 0.4) is 0 Å². The fraction of sp³-hybridized carbons (Fsp3) is 0.733. The van der Waals surface area contributed by atoms with Crippen molar-refractivity contribution in [3.05, 3.63) is 21.9 Å². The van der Waals surface area contributed by atoms with Gasteiger partial charge in [0, 0.05) is 29.4 Å². The number of nitrogens with one attached hydrogen (secondary N) is 1. The van der Waals surface area contributed by atoms with Gasteiger partial charge in [-0.05, 0) is 30.5 Å². The summed E-state index contributed by atoms with van der Waals surface area (Å²) in [6.45, 7) is 11.3. The van der Waals surface area contributed by atoms with Crippen molar-refractivity contribution in [1.82, 2.24) is 9.62 Å². The SMILES string of the molecule is CCN(CCCNCc1ccc(C(C)(C)C)s1)S(C)(=O)=O. The highest BCUT2D eigenvalue weighted by atomic mass is 32.2. The van der Waals surface area contributed by atoms with E-state index < -0.39 is 10.0 Å². The van der Waals surface area contributed by atoms with Crippen LogP contribution in [-0.4, -0.2) is 38.6 Å². The molecule has 0 aliphatic carbocycles. The predicted octanol–water partition coefficient (Wildman–Crippen LogP) is 2.81. The third-order valence-electron chi connectivity index (χ3n) is 3.28. The molecule has 0 fully saturated rings. The molecule has 1 heterocycles. The quantitative estimate of drug-likeness (QED) is 0.745. The van der Waals surface area contributed by atoms with E-state index in [1.165, 1.54) is 20.3 Å². The highest BCUT2D eigenvalue weighted by molar-refractivity contribution is 7.88. The average molecular weight is 333 g/mol. The number of sulfonamides is 1. The minimum atomic E-state index is -3.06. The summed E-state index contributed by atoms with van der Waals surface area (Å²) < 4.78 is 24.4. The zero-order chi connectivity index (χ0) is 16.1. The molecule has 0 atom stereocenters. The maximum atomic E-state index is 11.5. The molecule has 1 aromatic heterocycles. The van der Waals surface area contributed by atoms with Crippen molar-refractivity contribution in [3.8, 4) is 0 Å². The van der Waals surface area contributed by atoms with Gasteiger partial charge in [0.1, 0.15) is 0 Å². The molecule has 0 spiro atoms. The van der Waals surface area contributed by atoms with Gasteiger partial charge in [-0.25, -0.2) is 12.7 Å². The molecule has 0 bridgehead atoms. The highest BCUT2D eigenvalue weighted by Crippen LogP contribution is 2.29. The van der Waals surface area contributed by atoms with Crippen LogP contribution in [0.4, 0.5) is 0 Å². The fourth-order valence-electron chi connectivity index (χ4n) is 2.03. The summed E-state index contributed by atoms with van der Waals surface area (Å²) in [5.41, 5.74) is 0.208. The molecule has 1 rings (SSSR count). The number of thiophene rings is 1. The molecular formula is C15H28N2O2S2. The molecule has 21 heavy (non-hydrogen) atoms. The largest absolute Gasteiger partial charge is 0.312 e. The smallest absolute Gasteiger partial charge is 0.211 e. The monoisotopic (exact) mass is 332 g/mol. The molecule has 122 valence electrons. The summed E-state index contributed by atoms with van der Waals surface area (Å²) in [6.07, 6.45) is 2.10. The standard InChI is InChI=1S/C15H28N2O2S2/c1-6-17(21(5,18)19)11-7-10-16-12-13-8-9-14(20-13)15(2,3)4/h8-9,16H,6-7,10-12H2,1-5H3. The van der Waals surface area contributed by atoms with Crippen LogP contribution >= 0.6 is 11.3 Å². The molecule has 6 heteroatoms. The van der Waals surface area contributed by atoms with Gasteiger partial charge in [0.05, 0.1) is 6.26 Å². The summed E-state index contributed by atoms with van der Waals surface area (Å²) >= 11 is 1.84. The van der Waals surface area contributed by atoms with E-state index in [4.69, 9.17) is 0 Å². The first-order chi connectivity index (χ1) is 9.64. The normalized spacial score (nSPS) is 13.0.